The van der Waals surface area contributed by atoms with E-state index in [0.717, 1.165) is 0 Å². The molecule has 0 spiro atoms. The number of anilines is 2. The van der Waals surface area contributed by atoms with E-state index in [4.69, 9.17) is 16.7 Å². The van der Waals surface area contributed by atoms with Gasteiger partial charge in [0.25, 0.3) is 5.69 Å². The molecule has 0 radical (unpaired) electrons. The van der Waals surface area contributed by atoms with Gasteiger partial charge in [0, 0.05) is 16.8 Å². The van der Waals surface area contributed by atoms with Gasteiger partial charge in [0.1, 0.15) is 5.69 Å². The van der Waals surface area contributed by atoms with Crippen molar-refractivity contribution in [2.45, 2.75) is 6.92 Å². The quantitative estimate of drug-likeness (QED) is 0.658. The molecule has 21 heavy (non-hydrogen) atoms. The molecule has 2 aromatic rings. The van der Waals surface area contributed by atoms with Gasteiger partial charge in [0.05, 0.1) is 10.5 Å². The summed E-state index contributed by atoms with van der Waals surface area (Å²) in [5, 5.41) is 23.2. The number of rotatable bonds is 4. The number of nitrogens with zero attached hydrogens (tertiary/aromatic N) is 1. The minimum Gasteiger partial charge on any atom is -0.478 e. The molecule has 2 N–H and O–H groups in total. The predicted octanol–water partition coefficient (Wildman–Crippen LogP) is 4.00. The normalized spacial score (nSPS) is 10.2. The lowest BCUT2D eigenvalue weighted by molar-refractivity contribution is -0.383. The molecule has 2 rings (SSSR count). The Morgan fingerprint density at radius 2 is 2.00 bits per heavy atom. The molecule has 0 aromatic heterocycles. The molecular formula is C14H11ClN2O4. The third-order valence-electron chi connectivity index (χ3n) is 2.90. The van der Waals surface area contributed by atoms with Crippen molar-refractivity contribution in [2.75, 3.05) is 5.32 Å². The van der Waals surface area contributed by atoms with E-state index in [9.17, 15) is 14.9 Å². The monoisotopic (exact) mass is 306 g/mol. The van der Waals surface area contributed by atoms with Gasteiger partial charge >= 0.3 is 5.97 Å². The highest BCUT2D eigenvalue weighted by Crippen LogP contribution is 2.31. The third-order valence-corrected chi connectivity index (χ3v) is 3.14. The van der Waals surface area contributed by atoms with Crippen molar-refractivity contribution in [3.63, 3.8) is 0 Å². The van der Waals surface area contributed by atoms with Gasteiger partial charge in [0.15, 0.2) is 0 Å². The number of benzene rings is 2. The van der Waals surface area contributed by atoms with Crippen molar-refractivity contribution in [1.82, 2.24) is 0 Å². The van der Waals surface area contributed by atoms with Gasteiger partial charge in [-0.2, -0.15) is 0 Å². The zero-order valence-corrected chi connectivity index (χ0v) is 11.7. The first-order chi connectivity index (χ1) is 9.88. The van der Waals surface area contributed by atoms with Crippen LogP contribution in [0.25, 0.3) is 0 Å². The summed E-state index contributed by atoms with van der Waals surface area (Å²) in [6.07, 6.45) is 0. The number of carbonyl (C=O) groups is 1. The average molecular weight is 307 g/mol. The fourth-order valence-electron chi connectivity index (χ4n) is 1.85. The van der Waals surface area contributed by atoms with Crippen LogP contribution in [0.4, 0.5) is 17.1 Å². The van der Waals surface area contributed by atoms with E-state index in [0.29, 0.717) is 16.3 Å². The van der Waals surface area contributed by atoms with Crippen molar-refractivity contribution in [3.05, 3.63) is 62.7 Å². The van der Waals surface area contributed by atoms with Crippen molar-refractivity contribution in [2.24, 2.45) is 0 Å². The molecule has 108 valence electrons. The zero-order valence-electron chi connectivity index (χ0n) is 11.0. The fraction of sp³-hybridized carbons (Fsp3) is 0.0714. The summed E-state index contributed by atoms with van der Waals surface area (Å²) >= 11 is 5.84. The van der Waals surface area contributed by atoms with Gasteiger partial charge in [-0.1, -0.05) is 17.7 Å². The second kappa shape index (κ2) is 5.80. The fourth-order valence-corrected chi connectivity index (χ4v) is 2.03. The van der Waals surface area contributed by atoms with E-state index < -0.39 is 10.9 Å². The maximum absolute atomic E-state index is 11.1. The maximum Gasteiger partial charge on any atom is 0.336 e. The standard InChI is InChI=1S/C14H11ClN2O4/c1-8-2-4-10(7-11(8)14(18)19)16-12-6-9(15)3-5-13(12)17(20)21/h2-7,16H,1H3,(H,18,19). The maximum atomic E-state index is 11.1. The number of nitro groups is 1. The van der Waals surface area contributed by atoms with Crippen LogP contribution in [0.15, 0.2) is 36.4 Å². The van der Waals surface area contributed by atoms with E-state index in [1.165, 1.54) is 24.3 Å². The summed E-state index contributed by atoms with van der Waals surface area (Å²) in [5.41, 5.74) is 1.23. The average Bonchev–Trinajstić information content (AvgIpc) is 2.40. The van der Waals surface area contributed by atoms with Gasteiger partial charge < -0.3 is 10.4 Å². The molecule has 0 bridgehead atoms. The number of carboxylic acid groups (broad SMARTS) is 1. The third kappa shape index (κ3) is 3.29. The van der Waals surface area contributed by atoms with E-state index in [2.05, 4.69) is 5.32 Å². The number of nitrogens with one attached hydrogen (secondary N) is 1. The summed E-state index contributed by atoms with van der Waals surface area (Å²) in [4.78, 5) is 21.5. The first-order valence-corrected chi connectivity index (χ1v) is 6.31. The van der Waals surface area contributed by atoms with Crippen LogP contribution in [0.5, 0.6) is 0 Å². The summed E-state index contributed by atoms with van der Waals surface area (Å²) in [6.45, 7) is 1.68. The first kappa shape index (κ1) is 14.8. The van der Waals surface area contributed by atoms with Crippen LogP contribution < -0.4 is 5.32 Å². The van der Waals surface area contributed by atoms with Crippen molar-refractivity contribution in [1.29, 1.82) is 0 Å². The Kier molecular flexibility index (Phi) is 4.09. The van der Waals surface area contributed by atoms with Gasteiger partial charge in [-0.3, -0.25) is 10.1 Å². The first-order valence-electron chi connectivity index (χ1n) is 5.93. The van der Waals surface area contributed by atoms with Gasteiger partial charge in [-0.15, -0.1) is 0 Å². The van der Waals surface area contributed by atoms with E-state index >= 15 is 0 Å². The summed E-state index contributed by atoms with van der Waals surface area (Å²) in [7, 11) is 0. The lowest BCUT2D eigenvalue weighted by Crippen LogP contribution is -2.02. The van der Waals surface area contributed by atoms with E-state index in [1.54, 1.807) is 19.1 Å². The SMILES string of the molecule is Cc1ccc(Nc2cc(Cl)ccc2[N+](=O)[O-])cc1C(=O)O. The van der Waals surface area contributed by atoms with Gasteiger partial charge in [-0.05, 0) is 36.8 Å². The molecule has 0 aliphatic rings. The Balaban J connectivity index is 2.43. The summed E-state index contributed by atoms with van der Waals surface area (Å²) < 4.78 is 0. The molecule has 6 nitrogen and oxygen atoms in total. The molecule has 0 aliphatic carbocycles. The number of nitro benzene ring substituents is 1. The van der Waals surface area contributed by atoms with Crippen LogP contribution in [0.1, 0.15) is 15.9 Å². The van der Waals surface area contributed by atoms with Crippen molar-refractivity contribution in [3.8, 4) is 0 Å². The van der Waals surface area contributed by atoms with E-state index in [-0.39, 0.29) is 16.9 Å². The summed E-state index contributed by atoms with van der Waals surface area (Å²) in [6, 6.07) is 8.82. The Morgan fingerprint density at radius 1 is 1.29 bits per heavy atom. The highest BCUT2D eigenvalue weighted by atomic mass is 35.5. The Bertz CT molecular complexity index is 731. The molecule has 0 heterocycles. The highest BCUT2D eigenvalue weighted by Gasteiger charge is 2.15. The smallest absolute Gasteiger partial charge is 0.336 e. The molecule has 0 atom stereocenters. The number of halogens is 1. The van der Waals surface area contributed by atoms with E-state index in [1.807, 2.05) is 0 Å². The molecule has 0 saturated carbocycles. The molecule has 0 unspecified atom stereocenters. The van der Waals surface area contributed by atoms with Gasteiger partial charge in [0.2, 0.25) is 0 Å². The topological polar surface area (TPSA) is 92.5 Å². The predicted molar refractivity (Wildman–Crippen MR) is 79.5 cm³/mol. The number of hydrogen-bond donors (Lipinski definition) is 2. The second-order valence-electron chi connectivity index (χ2n) is 4.38. The number of carboxylic acids is 1. The minimum absolute atomic E-state index is 0.129. The Morgan fingerprint density at radius 3 is 2.62 bits per heavy atom. The molecule has 0 amide bonds. The Labute approximate surface area is 125 Å². The lowest BCUT2D eigenvalue weighted by Gasteiger charge is -2.09. The van der Waals surface area contributed by atoms with Crippen LogP contribution in [0.2, 0.25) is 5.02 Å². The van der Waals surface area contributed by atoms with Crippen LogP contribution >= 0.6 is 11.6 Å². The molecule has 0 saturated heterocycles. The molecule has 7 heteroatoms. The highest BCUT2D eigenvalue weighted by molar-refractivity contribution is 6.31. The molecule has 2 aromatic carbocycles. The lowest BCUT2D eigenvalue weighted by atomic mass is 10.1. The summed E-state index contributed by atoms with van der Waals surface area (Å²) in [5.74, 6) is -1.06. The molecule has 0 aliphatic heterocycles. The largest absolute Gasteiger partial charge is 0.478 e. The number of aryl methyl sites for hydroxylation is 1. The minimum atomic E-state index is -1.06. The van der Waals surface area contributed by atoms with Crippen LogP contribution in [0, 0.1) is 17.0 Å². The zero-order chi connectivity index (χ0) is 15.6. The van der Waals surface area contributed by atoms with Crippen LogP contribution in [-0.4, -0.2) is 16.0 Å². The van der Waals surface area contributed by atoms with Crippen molar-refractivity contribution < 1.29 is 14.8 Å². The second-order valence-corrected chi connectivity index (χ2v) is 4.81. The molecule has 0 fully saturated rings. The number of aromatic carboxylic acids is 1. The van der Waals surface area contributed by atoms with Crippen molar-refractivity contribution >= 4 is 34.6 Å². The molecular weight excluding hydrogens is 296 g/mol. The Hall–Kier alpha value is -2.60. The number of hydrogen-bond acceptors (Lipinski definition) is 4. The van der Waals surface area contributed by atoms with Crippen LogP contribution in [-0.2, 0) is 0 Å². The van der Waals surface area contributed by atoms with Gasteiger partial charge in [-0.25, -0.2) is 4.79 Å². The van der Waals surface area contributed by atoms with Crippen LogP contribution in [0.3, 0.4) is 0 Å².